The van der Waals surface area contributed by atoms with E-state index in [1.165, 1.54) is 0 Å². The number of nitrogens with one attached hydrogen (secondary N) is 2. The number of hydrogen-bond acceptors (Lipinski definition) is 2. The van der Waals surface area contributed by atoms with Crippen LogP contribution in [0.5, 0.6) is 0 Å². The van der Waals surface area contributed by atoms with Crippen LogP contribution >= 0.6 is 0 Å². The standard InChI is InChI=1S/C20H24N2O2/c1-13-6-7-14(2)17(12-13)21-18(23)15-8-10-16(11-9-15)19(24)22-20(3,4)5/h6-12H,1-5H3,(H,21,23)(H,22,24). The van der Waals surface area contributed by atoms with Crippen LogP contribution in [0.4, 0.5) is 5.69 Å². The number of carbonyl (C=O) groups is 2. The molecule has 2 rings (SSSR count). The molecule has 0 saturated carbocycles. The van der Waals surface area contributed by atoms with Crippen LogP contribution < -0.4 is 10.6 Å². The van der Waals surface area contributed by atoms with Crippen molar-refractivity contribution in [2.75, 3.05) is 5.32 Å². The Bertz CT molecular complexity index is 756. The quantitative estimate of drug-likeness (QED) is 0.893. The summed E-state index contributed by atoms with van der Waals surface area (Å²) in [5.41, 5.74) is 3.65. The smallest absolute Gasteiger partial charge is 0.255 e. The fourth-order valence-electron chi connectivity index (χ4n) is 2.25. The molecule has 126 valence electrons. The summed E-state index contributed by atoms with van der Waals surface area (Å²) in [5, 5.41) is 5.81. The van der Waals surface area contributed by atoms with Gasteiger partial charge in [0.05, 0.1) is 0 Å². The van der Waals surface area contributed by atoms with Crippen molar-refractivity contribution in [2.24, 2.45) is 0 Å². The maximum absolute atomic E-state index is 12.4. The Hall–Kier alpha value is -2.62. The van der Waals surface area contributed by atoms with Crippen LogP contribution in [-0.2, 0) is 0 Å². The molecule has 0 atom stereocenters. The molecule has 0 spiro atoms. The molecule has 0 heterocycles. The maximum atomic E-state index is 12.4. The number of hydrogen-bond donors (Lipinski definition) is 2. The summed E-state index contributed by atoms with van der Waals surface area (Å²) < 4.78 is 0. The minimum atomic E-state index is -0.296. The highest BCUT2D eigenvalue weighted by Gasteiger charge is 2.16. The summed E-state index contributed by atoms with van der Waals surface area (Å²) >= 11 is 0. The summed E-state index contributed by atoms with van der Waals surface area (Å²) in [6.07, 6.45) is 0. The molecule has 0 bridgehead atoms. The molecule has 2 aromatic rings. The van der Waals surface area contributed by atoms with Crippen molar-refractivity contribution in [3.63, 3.8) is 0 Å². The topological polar surface area (TPSA) is 58.2 Å². The second kappa shape index (κ2) is 6.87. The molecule has 0 aliphatic carbocycles. The third-order valence-corrected chi connectivity index (χ3v) is 3.54. The van der Waals surface area contributed by atoms with Crippen molar-refractivity contribution < 1.29 is 9.59 Å². The van der Waals surface area contributed by atoms with Gasteiger partial charge in [-0.25, -0.2) is 0 Å². The normalized spacial score (nSPS) is 11.0. The van der Waals surface area contributed by atoms with Gasteiger partial charge in [-0.1, -0.05) is 12.1 Å². The van der Waals surface area contributed by atoms with Gasteiger partial charge in [0.15, 0.2) is 0 Å². The van der Waals surface area contributed by atoms with Crippen LogP contribution in [-0.4, -0.2) is 17.4 Å². The van der Waals surface area contributed by atoms with E-state index < -0.39 is 0 Å². The number of carbonyl (C=O) groups excluding carboxylic acids is 2. The minimum absolute atomic E-state index is 0.149. The Morgan fingerprint density at radius 1 is 0.833 bits per heavy atom. The zero-order valence-electron chi connectivity index (χ0n) is 14.9. The third-order valence-electron chi connectivity index (χ3n) is 3.54. The Morgan fingerprint density at radius 2 is 1.38 bits per heavy atom. The van der Waals surface area contributed by atoms with Crippen LogP contribution in [0.2, 0.25) is 0 Å². The number of anilines is 1. The van der Waals surface area contributed by atoms with Gasteiger partial charge in [-0.3, -0.25) is 9.59 Å². The third kappa shape index (κ3) is 4.69. The maximum Gasteiger partial charge on any atom is 0.255 e. The molecule has 0 radical (unpaired) electrons. The Morgan fingerprint density at radius 3 is 1.92 bits per heavy atom. The van der Waals surface area contributed by atoms with Crippen molar-refractivity contribution >= 4 is 17.5 Å². The van der Waals surface area contributed by atoms with E-state index in [-0.39, 0.29) is 17.4 Å². The molecule has 0 saturated heterocycles. The lowest BCUT2D eigenvalue weighted by Crippen LogP contribution is -2.40. The van der Waals surface area contributed by atoms with Gasteiger partial charge in [0.1, 0.15) is 0 Å². The highest BCUT2D eigenvalue weighted by molar-refractivity contribution is 6.05. The lowest BCUT2D eigenvalue weighted by Gasteiger charge is -2.20. The second-order valence-corrected chi connectivity index (χ2v) is 7.05. The van der Waals surface area contributed by atoms with Crippen molar-refractivity contribution in [3.05, 3.63) is 64.7 Å². The van der Waals surface area contributed by atoms with Crippen molar-refractivity contribution in [3.8, 4) is 0 Å². The number of aryl methyl sites for hydroxylation is 2. The fraction of sp³-hybridized carbons (Fsp3) is 0.300. The summed E-state index contributed by atoms with van der Waals surface area (Å²) in [6.45, 7) is 9.72. The lowest BCUT2D eigenvalue weighted by molar-refractivity contribution is 0.0918. The molecular formula is C20H24N2O2. The molecule has 4 heteroatoms. The molecule has 0 aliphatic rings. The van der Waals surface area contributed by atoms with Gasteiger partial charge in [-0.15, -0.1) is 0 Å². The first-order chi connectivity index (χ1) is 11.2. The Labute approximate surface area is 143 Å². The monoisotopic (exact) mass is 324 g/mol. The highest BCUT2D eigenvalue weighted by Crippen LogP contribution is 2.17. The summed E-state index contributed by atoms with van der Waals surface area (Å²) in [7, 11) is 0. The van der Waals surface area contributed by atoms with E-state index in [4.69, 9.17) is 0 Å². The van der Waals surface area contributed by atoms with Crippen molar-refractivity contribution in [1.82, 2.24) is 5.32 Å². The van der Waals surface area contributed by atoms with Gasteiger partial charge >= 0.3 is 0 Å². The van der Waals surface area contributed by atoms with Crippen molar-refractivity contribution in [2.45, 2.75) is 40.2 Å². The van der Waals surface area contributed by atoms with Gasteiger partial charge in [0, 0.05) is 22.4 Å². The molecule has 0 aliphatic heterocycles. The van der Waals surface area contributed by atoms with E-state index in [0.29, 0.717) is 11.1 Å². The SMILES string of the molecule is Cc1ccc(C)c(NC(=O)c2ccc(C(=O)NC(C)(C)C)cc2)c1. The Kier molecular flexibility index (Phi) is 5.07. The van der Waals surface area contributed by atoms with Crippen LogP contribution in [0.1, 0.15) is 52.6 Å². The number of benzene rings is 2. The van der Waals surface area contributed by atoms with E-state index >= 15 is 0 Å². The van der Waals surface area contributed by atoms with Crippen LogP contribution in [0.15, 0.2) is 42.5 Å². The molecule has 0 aromatic heterocycles. The predicted molar refractivity (Wildman–Crippen MR) is 97.5 cm³/mol. The lowest BCUT2D eigenvalue weighted by atomic mass is 10.1. The molecule has 24 heavy (non-hydrogen) atoms. The molecule has 4 nitrogen and oxygen atoms in total. The van der Waals surface area contributed by atoms with Gasteiger partial charge < -0.3 is 10.6 Å². The van der Waals surface area contributed by atoms with E-state index in [1.807, 2.05) is 52.8 Å². The van der Waals surface area contributed by atoms with E-state index in [2.05, 4.69) is 10.6 Å². The fourth-order valence-corrected chi connectivity index (χ4v) is 2.25. The molecular weight excluding hydrogens is 300 g/mol. The average Bonchev–Trinajstić information content (AvgIpc) is 2.49. The highest BCUT2D eigenvalue weighted by atomic mass is 16.2. The summed E-state index contributed by atoms with van der Waals surface area (Å²) in [4.78, 5) is 24.5. The van der Waals surface area contributed by atoms with Crippen molar-refractivity contribution in [1.29, 1.82) is 0 Å². The summed E-state index contributed by atoms with van der Waals surface area (Å²) in [6, 6.07) is 12.6. The van der Waals surface area contributed by atoms with E-state index in [9.17, 15) is 9.59 Å². The zero-order chi connectivity index (χ0) is 17.9. The first-order valence-corrected chi connectivity index (χ1v) is 7.97. The van der Waals surface area contributed by atoms with E-state index in [0.717, 1.165) is 16.8 Å². The molecule has 0 unspecified atom stereocenters. The van der Waals surface area contributed by atoms with Gasteiger partial charge in [0.25, 0.3) is 11.8 Å². The second-order valence-electron chi connectivity index (χ2n) is 7.05. The van der Waals surface area contributed by atoms with Crippen LogP contribution in [0.3, 0.4) is 0 Å². The van der Waals surface area contributed by atoms with Gasteiger partial charge in [0.2, 0.25) is 0 Å². The molecule has 2 N–H and O–H groups in total. The zero-order valence-corrected chi connectivity index (χ0v) is 14.9. The van der Waals surface area contributed by atoms with E-state index in [1.54, 1.807) is 24.3 Å². The minimum Gasteiger partial charge on any atom is -0.347 e. The molecule has 0 fully saturated rings. The molecule has 2 aromatic carbocycles. The average molecular weight is 324 g/mol. The first kappa shape index (κ1) is 17.7. The first-order valence-electron chi connectivity index (χ1n) is 7.97. The number of rotatable bonds is 3. The Balaban J connectivity index is 2.11. The van der Waals surface area contributed by atoms with Crippen LogP contribution in [0, 0.1) is 13.8 Å². The van der Waals surface area contributed by atoms with Gasteiger partial charge in [-0.2, -0.15) is 0 Å². The molecule has 2 amide bonds. The number of amides is 2. The largest absolute Gasteiger partial charge is 0.347 e. The summed E-state index contributed by atoms with van der Waals surface area (Å²) in [5.74, 6) is -0.338. The predicted octanol–water partition coefficient (Wildman–Crippen LogP) is 4.08. The van der Waals surface area contributed by atoms with Crippen LogP contribution in [0.25, 0.3) is 0 Å². The van der Waals surface area contributed by atoms with Gasteiger partial charge in [-0.05, 0) is 76.1 Å².